The third-order valence-electron chi connectivity index (χ3n) is 8.35. The number of nitrogens with zero attached hydrogens (tertiary/aromatic N) is 5. The smallest absolute Gasteiger partial charge is 0.274 e. The quantitative estimate of drug-likeness (QED) is 0.603. The first-order valence-corrected chi connectivity index (χ1v) is 14.2. The SMILES string of the molecule is Cc1cccc(N2CCN(C(=O)Cn3nc(C(=O)N4CC[S+]([O-])CC4)c4c3C[C@H]3C[C@@H]43)CC2)c1C. The molecule has 2 amide bonds. The molecule has 6 rings (SSSR count). The van der Waals surface area contributed by atoms with Crippen LogP contribution in [0.1, 0.15) is 45.2 Å². The molecule has 35 heavy (non-hydrogen) atoms. The van der Waals surface area contributed by atoms with Crippen LogP contribution in [0.5, 0.6) is 0 Å². The number of fused-ring (bicyclic) bond motifs is 3. The third kappa shape index (κ3) is 4.12. The van der Waals surface area contributed by atoms with Gasteiger partial charge in [-0.1, -0.05) is 23.3 Å². The minimum absolute atomic E-state index is 0.0566. The van der Waals surface area contributed by atoms with Gasteiger partial charge in [0.1, 0.15) is 18.1 Å². The summed E-state index contributed by atoms with van der Waals surface area (Å²) >= 11 is -0.828. The molecule has 2 aliphatic carbocycles. The molecule has 0 spiro atoms. The van der Waals surface area contributed by atoms with Crippen LogP contribution in [0, 0.1) is 19.8 Å². The summed E-state index contributed by atoms with van der Waals surface area (Å²) in [4.78, 5) is 32.7. The van der Waals surface area contributed by atoms with Crippen LogP contribution in [-0.4, -0.2) is 86.7 Å². The van der Waals surface area contributed by atoms with Crippen molar-refractivity contribution in [2.75, 3.05) is 55.7 Å². The minimum atomic E-state index is -0.828. The van der Waals surface area contributed by atoms with Gasteiger partial charge in [0.15, 0.2) is 5.69 Å². The number of carbonyl (C=O) groups is 2. The maximum atomic E-state index is 13.3. The van der Waals surface area contributed by atoms with Gasteiger partial charge in [-0.2, -0.15) is 5.10 Å². The summed E-state index contributed by atoms with van der Waals surface area (Å²) in [5.74, 6) is 2.11. The van der Waals surface area contributed by atoms with Crippen molar-refractivity contribution in [2.24, 2.45) is 5.92 Å². The summed E-state index contributed by atoms with van der Waals surface area (Å²) in [7, 11) is 0. The van der Waals surface area contributed by atoms with Gasteiger partial charge >= 0.3 is 0 Å². The van der Waals surface area contributed by atoms with Crippen molar-refractivity contribution >= 4 is 28.7 Å². The number of rotatable bonds is 4. The number of piperazine rings is 1. The van der Waals surface area contributed by atoms with Crippen molar-refractivity contribution in [1.82, 2.24) is 19.6 Å². The highest BCUT2D eigenvalue weighted by atomic mass is 32.2. The first kappa shape index (κ1) is 22.9. The van der Waals surface area contributed by atoms with Crippen LogP contribution in [0.15, 0.2) is 18.2 Å². The molecule has 4 aliphatic rings. The van der Waals surface area contributed by atoms with Crippen LogP contribution >= 0.6 is 0 Å². The standard InChI is InChI=1S/C26H33N5O3S/c1-17-4-3-5-21(18(17)2)28-6-8-29(9-7-28)23(32)16-31-22-15-19-14-20(19)24(22)25(27-31)26(33)30-10-12-35(34)13-11-30/h3-5,19-20H,6-16H2,1-2H3/t19-,20-/m1/s1. The first-order valence-electron chi connectivity index (χ1n) is 12.7. The summed E-state index contributed by atoms with van der Waals surface area (Å²) in [6.07, 6.45) is 2.04. The fraction of sp³-hybridized carbons (Fsp3) is 0.577. The summed E-state index contributed by atoms with van der Waals surface area (Å²) in [6.45, 7) is 8.55. The van der Waals surface area contributed by atoms with E-state index in [0.29, 0.717) is 55.2 Å². The molecule has 8 nitrogen and oxygen atoms in total. The van der Waals surface area contributed by atoms with Crippen LogP contribution < -0.4 is 4.90 Å². The molecule has 1 aromatic heterocycles. The Morgan fingerprint density at radius 2 is 1.80 bits per heavy atom. The summed E-state index contributed by atoms with van der Waals surface area (Å²) in [6, 6.07) is 6.40. The van der Waals surface area contributed by atoms with Gasteiger partial charge < -0.3 is 19.3 Å². The van der Waals surface area contributed by atoms with Crippen molar-refractivity contribution in [3.05, 3.63) is 46.3 Å². The number of hydrogen-bond donors (Lipinski definition) is 0. The molecule has 3 fully saturated rings. The third-order valence-corrected chi connectivity index (χ3v) is 9.62. The average molecular weight is 496 g/mol. The lowest BCUT2D eigenvalue weighted by atomic mass is 10.1. The fourth-order valence-corrected chi connectivity index (χ4v) is 7.03. The van der Waals surface area contributed by atoms with Crippen LogP contribution in [0.4, 0.5) is 5.69 Å². The Kier molecular flexibility index (Phi) is 5.79. The molecule has 0 N–H and O–H groups in total. The molecule has 1 saturated carbocycles. The van der Waals surface area contributed by atoms with E-state index in [1.807, 2.05) is 9.58 Å². The Balaban J connectivity index is 1.14. The summed E-state index contributed by atoms with van der Waals surface area (Å²) < 4.78 is 13.5. The van der Waals surface area contributed by atoms with E-state index in [9.17, 15) is 14.1 Å². The number of hydrogen-bond acceptors (Lipinski definition) is 5. The molecule has 0 bridgehead atoms. The molecular formula is C26H33N5O3S. The van der Waals surface area contributed by atoms with Crippen molar-refractivity contribution in [1.29, 1.82) is 0 Å². The van der Waals surface area contributed by atoms with E-state index in [0.717, 1.165) is 37.2 Å². The van der Waals surface area contributed by atoms with Gasteiger partial charge in [-0.3, -0.25) is 14.3 Å². The Morgan fingerprint density at radius 1 is 1.06 bits per heavy atom. The van der Waals surface area contributed by atoms with Gasteiger partial charge in [-0.25, -0.2) is 0 Å². The van der Waals surface area contributed by atoms with Gasteiger partial charge in [-0.05, 0) is 55.7 Å². The van der Waals surface area contributed by atoms with Gasteiger partial charge in [0.05, 0.1) is 13.1 Å². The van der Waals surface area contributed by atoms with Crippen molar-refractivity contribution < 1.29 is 14.1 Å². The maximum Gasteiger partial charge on any atom is 0.274 e. The zero-order valence-electron chi connectivity index (χ0n) is 20.5. The lowest BCUT2D eigenvalue weighted by molar-refractivity contribution is -0.132. The maximum absolute atomic E-state index is 13.3. The highest BCUT2D eigenvalue weighted by Gasteiger charge is 2.50. The molecule has 3 heterocycles. The zero-order chi connectivity index (χ0) is 24.3. The highest BCUT2D eigenvalue weighted by molar-refractivity contribution is 7.91. The van der Waals surface area contributed by atoms with Gasteiger partial charge in [0.2, 0.25) is 5.91 Å². The Bertz CT molecular complexity index is 1160. The molecule has 186 valence electrons. The molecule has 2 atom stereocenters. The van der Waals surface area contributed by atoms with Crippen LogP contribution in [0.2, 0.25) is 0 Å². The minimum Gasteiger partial charge on any atom is -0.616 e. The lowest BCUT2D eigenvalue weighted by Crippen LogP contribution is -2.50. The second kappa shape index (κ2) is 8.85. The van der Waals surface area contributed by atoms with Crippen LogP contribution in [-0.2, 0) is 28.9 Å². The van der Waals surface area contributed by atoms with E-state index in [4.69, 9.17) is 5.10 Å². The van der Waals surface area contributed by atoms with E-state index < -0.39 is 11.2 Å². The van der Waals surface area contributed by atoms with E-state index in [1.54, 1.807) is 4.90 Å². The largest absolute Gasteiger partial charge is 0.616 e. The monoisotopic (exact) mass is 495 g/mol. The van der Waals surface area contributed by atoms with Crippen molar-refractivity contribution in [3.8, 4) is 0 Å². The van der Waals surface area contributed by atoms with E-state index in [2.05, 4.69) is 36.9 Å². The molecule has 2 aromatic rings. The first-order chi connectivity index (χ1) is 16.9. The van der Waals surface area contributed by atoms with Gasteiger partial charge in [0, 0.05) is 43.1 Å². The number of aryl methyl sites for hydroxylation is 1. The molecular weight excluding hydrogens is 462 g/mol. The van der Waals surface area contributed by atoms with Crippen LogP contribution in [0.3, 0.4) is 0 Å². The summed E-state index contributed by atoms with van der Waals surface area (Å²) in [5, 5.41) is 4.71. The van der Waals surface area contributed by atoms with E-state index >= 15 is 0 Å². The highest BCUT2D eigenvalue weighted by Crippen LogP contribution is 2.57. The van der Waals surface area contributed by atoms with Crippen molar-refractivity contribution in [2.45, 2.75) is 39.2 Å². The normalized spacial score (nSPS) is 23.9. The number of carbonyl (C=O) groups excluding carboxylic acids is 2. The second-order valence-corrected chi connectivity index (χ2v) is 12.1. The van der Waals surface area contributed by atoms with Crippen molar-refractivity contribution in [3.63, 3.8) is 0 Å². The number of amides is 2. The fourth-order valence-electron chi connectivity index (χ4n) is 5.97. The molecule has 2 aliphatic heterocycles. The second-order valence-electron chi connectivity index (χ2n) is 10.4. The number of anilines is 1. The number of benzene rings is 1. The van der Waals surface area contributed by atoms with E-state index in [1.165, 1.54) is 16.8 Å². The lowest BCUT2D eigenvalue weighted by Gasteiger charge is -2.37. The molecule has 9 heteroatoms. The summed E-state index contributed by atoms with van der Waals surface area (Å²) in [5.41, 5.74) is 6.54. The Morgan fingerprint density at radius 3 is 2.54 bits per heavy atom. The molecule has 1 aromatic carbocycles. The zero-order valence-corrected chi connectivity index (χ0v) is 21.4. The molecule has 0 unspecified atom stereocenters. The Labute approximate surface area is 209 Å². The van der Waals surface area contributed by atoms with Crippen LogP contribution in [0.25, 0.3) is 0 Å². The number of aromatic nitrogens is 2. The van der Waals surface area contributed by atoms with Gasteiger partial charge in [0.25, 0.3) is 5.91 Å². The predicted octanol–water partition coefficient (Wildman–Crippen LogP) is 1.71. The van der Waals surface area contributed by atoms with E-state index in [-0.39, 0.29) is 18.4 Å². The Hall–Kier alpha value is -2.52. The average Bonchev–Trinajstić information content (AvgIpc) is 3.39. The topological polar surface area (TPSA) is 84.7 Å². The molecule has 2 saturated heterocycles. The molecule has 0 radical (unpaired) electrons. The van der Waals surface area contributed by atoms with Gasteiger partial charge in [-0.15, -0.1) is 0 Å². The predicted molar refractivity (Wildman–Crippen MR) is 135 cm³/mol.